The van der Waals surface area contributed by atoms with Crippen molar-refractivity contribution in [1.82, 2.24) is 15.1 Å². The molecule has 1 rings (SSSR count). The smallest absolute Gasteiger partial charge is 0.0624 e. The van der Waals surface area contributed by atoms with Gasteiger partial charge in [0, 0.05) is 12.7 Å². The number of nitrogens with zero attached hydrogens (tertiary/aromatic N) is 2. The summed E-state index contributed by atoms with van der Waals surface area (Å²) in [5, 5.41) is 7.71. The van der Waals surface area contributed by atoms with Crippen molar-refractivity contribution in [3.05, 3.63) is 17.5 Å². The van der Waals surface area contributed by atoms with Crippen molar-refractivity contribution >= 4 is 0 Å². The molecule has 0 aliphatic rings. The van der Waals surface area contributed by atoms with Gasteiger partial charge >= 0.3 is 0 Å². The fourth-order valence-electron chi connectivity index (χ4n) is 1.95. The van der Waals surface area contributed by atoms with E-state index in [-0.39, 0.29) is 0 Å². The molecule has 1 heterocycles. The molecule has 0 aliphatic carbocycles. The molecule has 0 bridgehead atoms. The van der Waals surface area contributed by atoms with E-state index >= 15 is 0 Å². The Bertz CT molecular complexity index is 326. The zero-order valence-electron chi connectivity index (χ0n) is 11.3. The van der Waals surface area contributed by atoms with Gasteiger partial charge in [-0.1, -0.05) is 20.8 Å². The minimum Gasteiger partial charge on any atom is -0.320 e. The molecule has 0 saturated carbocycles. The second-order valence-electron chi connectivity index (χ2n) is 5.30. The van der Waals surface area contributed by atoms with Crippen LogP contribution in [-0.4, -0.2) is 23.4 Å². The van der Waals surface area contributed by atoms with Gasteiger partial charge in [0.05, 0.1) is 5.69 Å². The van der Waals surface area contributed by atoms with Gasteiger partial charge < -0.3 is 5.32 Å². The van der Waals surface area contributed by atoms with Gasteiger partial charge in [0.25, 0.3) is 0 Å². The van der Waals surface area contributed by atoms with Crippen molar-refractivity contribution in [2.75, 3.05) is 13.6 Å². The lowest BCUT2D eigenvalue weighted by Gasteiger charge is -2.24. The SMILES string of the molecule is CCc1cc(CC(C)(C)CCNC)n(C)n1. The molecule has 3 nitrogen and oxygen atoms in total. The maximum absolute atomic E-state index is 4.49. The van der Waals surface area contributed by atoms with Crippen molar-refractivity contribution < 1.29 is 0 Å². The standard InChI is InChI=1S/C13H25N3/c1-6-11-9-12(16(5)15-11)10-13(2,3)7-8-14-4/h9,14H,6-8,10H2,1-5H3. The minimum atomic E-state index is 0.335. The van der Waals surface area contributed by atoms with E-state index in [9.17, 15) is 0 Å². The lowest BCUT2D eigenvalue weighted by Crippen LogP contribution is -2.22. The summed E-state index contributed by atoms with van der Waals surface area (Å²) in [7, 11) is 4.05. The average molecular weight is 223 g/mol. The average Bonchev–Trinajstić information content (AvgIpc) is 2.56. The van der Waals surface area contributed by atoms with Crippen molar-refractivity contribution in [2.45, 2.75) is 40.0 Å². The van der Waals surface area contributed by atoms with Gasteiger partial charge in [0.15, 0.2) is 0 Å². The summed E-state index contributed by atoms with van der Waals surface area (Å²) in [5.74, 6) is 0. The van der Waals surface area contributed by atoms with E-state index in [0.29, 0.717) is 5.41 Å². The normalized spacial score (nSPS) is 12.1. The van der Waals surface area contributed by atoms with Crippen molar-refractivity contribution in [3.63, 3.8) is 0 Å². The highest BCUT2D eigenvalue weighted by Crippen LogP contribution is 2.25. The molecule has 92 valence electrons. The summed E-state index contributed by atoms with van der Waals surface area (Å²) in [6.07, 6.45) is 3.30. The maximum Gasteiger partial charge on any atom is 0.0624 e. The van der Waals surface area contributed by atoms with E-state index < -0.39 is 0 Å². The van der Waals surface area contributed by atoms with Gasteiger partial charge in [-0.3, -0.25) is 4.68 Å². The van der Waals surface area contributed by atoms with Crippen LogP contribution in [0.3, 0.4) is 0 Å². The second kappa shape index (κ2) is 5.48. The Hall–Kier alpha value is -0.830. The molecular formula is C13H25N3. The Labute approximate surface area is 99.2 Å². The second-order valence-corrected chi connectivity index (χ2v) is 5.30. The molecule has 3 heteroatoms. The highest BCUT2D eigenvalue weighted by molar-refractivity contribution is 5.11. The van der Waals surface area contributed by atoms with Crippen LogP contribution in [0.2, 0.25) is 0 Å². The van der Waals surface area contributed by atoms with Gasteiger partial charge in [0.2, 0.25) is 0 Å². The van der Waals surface area contributed by atoms with Crippen LogP contribution in [-0.2, 0) is 19.9 Å². The number of hydrogen-bond acceptors (Lipinski definition) is 2. The van der Waals surface area contributed by atoms with Crippen molar-refractivity contribution in [1.29, 1.82) is 0 Å². The number of rotatable bonds is 6. The van der Waals surface area contributed by atoms with E-state index in [1.54, 1.807) is 0 Å². The van der Waals surface area contributed by atoms with Gasteiger partial charge in [-0.05, 0) is 44.3 Å². The summed E-state index contributed by atoms with van der Waals surface area (Å²) in [6.45, 7) is 7.87. The third-order valence-electron chi connectivity index (χ3n) is 3.10. The zero-order valence-corrected chi connectivity index (χ0v) is 11.3. The monoisotopic (exact) mass is 223 g/mol. The molecule has 0 fully saturated rings. The fourth-order valence-corrected chi connectivity index (χ4v) is 1.95. The fraction of sp³-hybridized carbons (Fsp3) is 0.769. The van der Waals surface area contributed by atoms with Gasteiger partial charge in [-0.2, -0.15) is 5.10 Å². The Morgan fingerprint density at radius 1 is 1.44 bits per heavy atom. The topological polar surface area (TPSA) is 29.9 Å². The van der Waals surface area contributed by atoms with Gasteiger partial charge in [-0.25, -0.2) is 0 Å². The Kier molecular flexibility index (Phi) is 4.54. The van der Waals surface area contributed by atoms with Gasteiger partial charge in [-0.15, -0.1) is 0 Å². The Morgan fingerprint density at radius 3 is 2.62 bits per heavy atom. The zero-order chi connectivity index (χ0) is 12.2. The van der Waals surface area contributed by atoms with Crippen molar-refractivity contribution in [2.24, 2.45) is 12.5 Å². The molecule has 0 amide bonds. The summed E-state index contributed by atoms with van der Waals surface area (Å²) in [5.41, 5.74) is 2.88. The van der Waals surface area contributed by atoms with Crippen LogP contribution in [0.4, 0.5) is 0 Å². The van der Waals surface area contributed by atoms with E-state index in [2.05, 4.69) is 37.3 Å². The molecule has 1 aromatic rings. The van der Waals surface area contributed by atoms with E-state index in [1.807, 2.05) is 18.8 Å². The number of hydrogen-bond donors (Lipinski definition) is 1. The largest absolute Gasteiger partial charge is 0.320 e. The first-order chi connectivity index (χ1) is 7.48. The predicted octanol–water partition coefficient (Wildman–Crippen LogP) is 2.16. The number of nitrogens with one attached hydrogen (secondary N) is 1. The molecule has 0 radical (unpaired) electrons. The highest BCUT2D eigenvalue weighted by atomic mass is 15.3. The highest BCUT2D eigenvalue weighted by Gasteiger charge is 2.20. The van der Waals surface area contributed by atoms with Crippen LogP contribution >= 0.6 is 0 Å². The summed E-state index contributed by atoms with van der Waals surface area (Å²) < 4.78 is 2.03. The molecule has 0 spiro atoms. The Morgan fingerprint density at radius 2 is 2.12 bits per heavy atom. The predicted molar refractivity (Wildman–Crippen MR) is 68.6 cm³/mol. The Balaban J connectivity index is 2.67. The summed E-state index contributed by atoms with van der Waals surface area (Å²) in [6, 6.07) is 2.24. The lowest BCUT2D eigenvalue weighted by molar-refractivity contribution is 0.321. The molecular weight excluding hydrogens is 198 g/mol. The van der Waals surface area contributed by atoms with Crippen LogP contribution in [0.5, 0.6) is 0 Å². The lowest BCUT2D eigenvalue weighted by atomic mass is 9.84. The summed E-state index contributed by atoms with van der Waals surface area (Å²) in [4.78, 5) is 0. The molecule has 16 heavy (non-hydrogen) atoms. The van der Waals surface area contributed by atoms with Crippen LogP contribution in [0.1, 0.15) is 38.6 Å². The van der Waals surface area contributed by atoms with E-state index in [1.165, 1.54) is 17.8 Å². The molecule has 0 atom stereocenters. The van der Waals surface area contributed by atoms with Crippen LogP contribution in [0.15, 0.2) is 6.07 Å². The third kappa shape index (κ3) is 3.63. The van der Waals surface area contributed by atoms with E-state index in [0.717, 1.165) is 19.4 Å². The molecule has 0 unspecified atom stereocenters. The molecule has 0 aliphatic heterocycles. The number of aryl methyl sites for hydroxylation is 2. The summed E-state index contributed by atoms with van der Waals surface area (Å²) >= 11 is 0. The first kappa shape index (κ1) is 13.2. The first-order valence-electron chi connectivity index (χ1n) is 6.15. The van der Waals surface area contributed by atoms with E-state index in [4.69, 9.17) is 0 Å². The van der Waals surface area contributed by atoms with Crippen LogP contribution < -0.4 is 5.32 Å². The van der Waals surface area contributed by atoms with Crippen molar-refractivity contribution in [3.8, 4) is 0 Å². The minimum absolute atomic E-state index is 0.335. The first-order valence-corrected chi connectivity index (χ1v) is 6.15. The number of aromatic nitrogens is 2. The van der Waals surface area contributed by atoms with Crippen LogP contribution in [0, 0.1) is 5.41 Å². The molecule has 1 aromatic heterocycles. The third-order valence-corrected chi connectivity index (χ3v) is 3.10. The molecule has 1 N–H and O–H groups in total. The molecule has 0 aromatic carbocycles. The quantitative estimate of drug-likeness (QED) is 0.801. The molecule has 0 saturated heterocycles. The van der Waals surface area contributed by atoms with Gasteiger partial charge in [0.1, 0.15) is 0 Å². The maximum atomic E-state index is 4.49. The van der Waals surface area contributed by atoms with Crippen LogP contribution in [0.25, 0.3) is 0 Å².